The fraction of sp³-hybridized carbons (Fsp3) is 0.455. The lowest BCUT2D eigenvalue weighted by Crippen LogP contribution is -2.29. The van der Waals surface area contributed by atoms with Crippen molar-refractivity contribution in [3.8, 4) is 0 Å². The van der Waals surface area contributed by atoms with Crippen LogP contribution in [0.5, 0.6) is 0 Å². The van der Waals surface area contributed by atoms with E-state index in [9.17, 15) is 9.59 Å². The average molecular weight is 320 g/mol. The molecular weight excluding hydrogens is 306 g/mol. The molecule has 0 bridgehead atoms. The summed E-state index contributed by atoms with van der Waals surface area (Å²) in [5.41, 5.74) is 0. The Morgan fingerprint density at radius 1 is 1.47 bits per heavy atom. The van der Waals surface area contributed by atoms with Crippen molar-refractivity contribution in [1.29, 1.82) is 0 Å². The van der Waals surface area contributed by atoms with E-state index in [-0.39, 0.29) is 12.5 Å². The molecule has 6 heteroatoms. The van der Waals surface area contributed by atoms with Crippen molar-refractivity contribution in [3.05, 3.63) is 20.8 Å². The minimum Gasteiger partial charge on any atom is -0.468 e. The Hall–Kier alpha value is -0.880. The Balaban J connectivity index is 2.14. The number of carbonyl (C=O) groups excluding carboxylic acids is 2. The van der Waals surface area contributed by atoms with Gasteiger partial charge in [-0.05, 0) is 40.9 Å². The summed E-state index contributed by atoms with van der Waals surface area (Å²) >= 11 is 5.06. The number of carbonyl (C=O) groups is 2. The van der Waals surface area contributed by atoms with Crippen LogP contribution in [0, 0.1) is 0 Å². The third kappa shape index (κ3) is 5.83. The van der Waals surface area contributed by atoms with Crippen LogP contribution in [0.25, 0.3) is 0 Å². The highest BCUT2D eigenvalue weighted by molar-refractivity contribution is 9.11. The summed E-state index contributed by atoms with van der Waals surface area (Å²) in [5.74, 6) is -0.549. The second-order valence-electron chi connectivity index (χ2n) is 3.41. The van der Waals surface area contributed by atoms with E-state index in [0.717, 1.165) is 16.6 Å². The maximum absolute atomic E-state index is 11.3. The van der Waals surface area contributed by atoms with E-state index >= 15 is 0 Å². The second kappa shape index (κ2) is 7.45. The van der Waals surface area contributed by atoms with Gasteiger partial charge < -0.3 is 10.1 Å². The molecule has 1 heterocycles. The molecular formula is C11H14BrNO3S. The summed E-state index contributed by atoms with van der Waals surface area (Å²) in [7, 11) is 1.29. The first-order chi connectivity index (χ1) is 8.11. The van der Waals surface area contributed by atoms with E-state index in [1.165, 1.54) is 12.0 Å². The maximum Gasteiger partial charge on any atom is 0.325 e. The van der Waals surface area contributed by atoms with Crippen molar-refractivity contribution in [2.75, 3.05) is 13.7 Å². The van der Waals surface area contributed by atoms with Gasteiger partial charge in [0.2, 0.25) is 5.91 Å². The van der Waals surface area contributed by atoms with Crippen LogP contribution in [0.4, 0.5) is 0 Å². The van der Waals surface area contributed by atoms with Crippen LogP contribution in [-0.2, 0) is 20.7 Å². The minimum absolute atomic E-state index is 0.0557. The van der Waals surface area contributed by atoms with Crippen molar-refractivity contribution in [2.24, 2.45) is 0 Å². The molecule has 0 aliphatic heterocycles. The van der Waals surface area contributed by atoms with E-state index in [4.69, 9.17) is 0 Å². The van der Waals surface area contributed by atoms with Gasteiger partial charge in [-0.2, -0.15) is 0 Å². The number of rotatable bonds is 6. The van der Waals surface area contributed by atoms with Crippen LogP contribution in [-0.4, -0.2) is 25.5 Å². The van der Waals surface area contributed by atoms with Gasteiger partial charge in [0.05, 0.1) is 10.9 Å². The van der Waals surface area contributed by atoms with Crippen LogP contribution >= 0.6 is 27.3 Å². The zero-order chi connectivity index (χ0) is 12.7. The number of ether oxygens (including phenoxy) is 1. The average Bonchev–Trinajstić information content (AvgIpc) is 2.72. The maximum atomic E-state index is 11.3. The van der Waals surface area contributed by atoms with Crippen LogP contribution in [0.2, 0.25) is 0 Å². The predicted octanol–water partition coefficient (Wildman–Crippen LogP) is 2.12. The zero-order valence-corrected chi connectivity index (χ0v) is 11.9. The third-order valence-electron chi connectivity index (χ3n) is 2.11. The van der Waals surface area contributed by atoms with Gasteiger partial charge in [-0.1, -0.05) is 0 Å². The molecule has 0 saturated heterocycles. The number of esters is 1. The van der Waals surface area contributed by atoms with Crippen LogP contribution < -0.4 is 5.32 Å². The summed E-state index contributed by atoms with van der Waals surface area (Å²) in [4.78, 5) is 23.4. The van der Waals surface area contributed by atoms with Gasteiger partial charge in [0.25, 0.3) is 0 Å². The summed E-state index contributed by atoms with van der Waals surface area (Å²) < 4.78 is 5.52. The number of methoxy groups -OCH3 is 1. The number of thiophene rings is 1. The fourth-order valence-corrected chi connectivity index (χ4v) is 2.77. The van der Waals surface area contributed by atoms with Gasteiger partial charge in [-0.25, -0.2) is 0 Å². The van der Waals surface area contributed by atoms with Gasteiger partial charge in [0.1, 0.15) is 6.54 Å². The molecule has 0 aliphatic rings. The smallest absolute Gasteiger partial charge is 0.325 e. The molecule has 1 amide bonds. The van der Waals surface area contributed by atoms with Crippen molar-refractivity contribution in [2.45, 2.75) is 19.3 Å². The van der Waals surface area contributed by atoms with Crippen LogP contribution in [0.1, 0.15) is 17.7 Å². The number of halogens is 1. The Kier molecular flexibility index (Phi) is 6.21. The van der Waals surface area contributed by atoms with Crippen molar-refractivity contribution >= 4 is 39.1 Å². The van der Waals surface area contributed by atoms with Crippen LogP contribution in [0.15, 0.2) is 15.9 Å². The lowest BCUT2D eigenvalue weighted by atomic mass is 10.2. The van der Waals surface area contributed by atoms with Gasteiger partial charge >= 0.3 is 5.97 Å². The van der Waals surface area contributed by atoms with Crippen molar-refractivity contribution in [1.82, 2.24) is 5.32 Å². The first-order valence-corrected chi connectivity index (χ1v) is 6.80. The monoisotopic (exact) mass is 319 g/mol. The van der Waals surface area contributed by atoms with Crippen LogP contribution in [0.3, 0.4) is 0 Å². The molecule has 0 aromatic carbocycles. The number of nitrogens with one attached hydrogen (secondary N) is 1. The molecule has 1 N–H and O–H groups in total. The molecule has 0 radical (unpaired) electrons. The Morgan fingerprint density at radius 2 is 2.24 bits per heavy atom. The molecule has 4 nitrogen and oxygen atoms in total. The van der Waals surface area contributed by atoms with Gasteiger partial charge in [0.15, 0.2) is 0 Å². The zero-order valence-electron chi connectivity index (χ0n) is 9.49. The Bertz CT molecular complexity index is 392. The molecule has 0 atom stereocenters. The van der Waals surface area contributed by atoms with Gasteiger partial charge in [-0.3, -0.25) is 9.59 Å². The third-order valence-corrected chi connectivity index (χ3v) is 3.80. The summed E-state index contributed by atoms with van der Waals surface area (Å²) in [5, 5.41) is 2.51. The largest absolute Gasteiger partial charge is 0.468 e. The standard InChI is InChI=1S/C11H14BrNO3S/c1-16-11(15)7-13-10(14)4-2-3-8-5-6-9(12)17-8/h5-6H,2-4,7H2,1H3,(H,13,14). The number of amides is 1. The Morgan fingerprint density at radius 3 is 2.82 bits per heavy atom. The highest BCUT2D eigenvalue weighted by Gasteiger charge is 2.05. The van der Waals surface area contributed by atoms with E-state index in [1.54, 1.807) is 11.3 Å². The predicted molar refractivity (Wildman–Crippen MR) is 70.0 cm³/mol. The second-order valence-corrected chi connectivity index (χ2v) is 5.96. The van der Waals surface area contributed by atoms with E-state index in [2.05, 4.69) is 26.0 Å². The topological polar surface area (TPSA) is 55.4 Å². The Labute approximate surface area is 112 Å². The fourth-order valence-electron chi connectivity index (χ4n) is 1.24. The molecule has 1 rings (SSSR count). The lowest BCUT2D eigenvalue weighted by molar-refractivity contribution is -0.141. The number of hydrogen-bond donors (Lipinski definition) is 1. The molecule has 1 aromatic heterocycles. The molecule has 0 fully saturated rings. The molecule has 0 spiro atoms. The van der Waals surface area contributed by atoms with Crippen molar-refractivity contribution in [3.63, 3.8) is 0 Å². The number of aryl methyl sites for hydroxylation is 1. The number of hydrogen-bond acceptors (Lipinski definition) is 4. The van der Waals surface area contributed by atoms with Gasteiger partial charge in [0, 0.05) is 11.3 Å². The SMILES string of the molecule is COC(=O)CNC(=O)CCCc1ccc(Br)s1. The molecule has 94 valence electrons. The highest BCUT2D eigenvalue weighted by atomic mass is 79.9. The summed E-state index contributed by atoms with van der Waals surface area (Å²) in [6.07, 6.45) is 2.08. The van der Waals surface area contributed by atoms with E-state index in [1.807, 2.05) is 12.1 Å². The lowest BCUT2D eigenvalue weighted by Gasteiger charge is -2.03. The quantitative estimate of drug-likeness (QED) is 0.817. The molecule has 0 unspecified atom stereocenters. The normalized spacial score (nSPS) is 10.0. The summed E-state index contributed by atoms with van der Waals surface area (Å²) in [6, 6.07) is 4.04. The first kappa shape index (κ1) is 14.2. The van der Waals surface area contributed by atoms with E-state index in [0.29, 0.717) is 6.42 Å². The minimum atomic E-state index is -0.430. The molecule has 0 aliphatic carbocycles. The summed E-state index contributed by atoms with van der Waals surface area (Å²) in [6.45, 7) is -0.0557. The molecule has 17 heavy (non-hydrogen) atoms. The van der Waals surface area contributed by atoms with E-state index < -0.39 is 5.97 Å². The first-order valence-electron chi connectivity index (χ1n) is 5.19. The molecule has 0 saturated carbocycles. The highest BCUT2D eigenvalue weighted by Crippen LogP contribution is 2.23. The van der Waals surface area contributed by atoms with Crippen molar-refractivity contribution < 1.29 is 14.3 Å². The molecule has 1 aromatic rings. The van der Waals surface area contributed by atoms with Gasteiger partial charge in [-0.15, -0.1) is 11.3 Å².